The molecule has 0 amide bonds. The Morgan fingerprint density at radius 3 is 2.69 bits per heavy atom. The van der Waals surface area contributed by atoms with Gasteiger partial charge in [-0.25, -0.2) is 0 Å². The molecule has 2 aliphatic rings. The topological polar surface area (TPSA) is 74.6 Å². The molecule has 0 aromatic rings. The lowest BCUT2D eigenvalue weighted by molar-refractivity contribution is 0.212. The van der Waals surface area contributed by atoms with Crippen LogP contribution in [0.3, 0.4) is 0 Å². The molecule has 0 bridgehead atoms. The lowest BCUT2D eigenvalue weighted by Crippen LogP contribution is -2.21. The molecule has 2 rings (SSSR count). The van der Waals surface area contributed by atoms with Gasteiger partial charge in [0.1, 0.15) is 0 Å². The Balaban J connectivity index is 2.67. The van der Waals surface area contributed by atoms with E-state index in [-0.39, 0.29) is 4.91 Å². The van der Waals surface area contributed by atoms with Crippen LogP contribution in [0.25, 0.3) is 0 Å². The zero-order valence-corrected chi connectivity index (χ0v) is 9.79. The van der Waals surface area contributed by atoms with E-state index in [9.17, 15) is 13.5 Å². The molecule has 16 heavy (non-hydrogen) atoms. The van der Waals surface area contributed by atoms with E-state index in [1.807, 2.05) is 6.92 Å². The number of fused-ring (bicyclic) bond motifs is 1. The van der Waals surface area contributed by atoms with Gasteiger partial charge >= 0.3 is 0 Å². The maximum atomic E-state index is 11.2. The molecule has 0 fully saturated rings. The smallest absolute Gasteiger partial charge is 0.291 e. The molecule has 4 nitrogen and oxygen atoms in total. The quantitative estimate of drug-likeness (QED) is 0.684. The van der Waals surface area contributed by atoms with Gasteiger partial charge in [-0.2, -0.15) is 8.42 Å². The molecule has 0 aliphatic heterocycles. The first-order valence-corrected chi connectivity index (χ1v) is 6.60. The minimum absolute atomic E-state index is 0.0306. The van der Waals surface area contributed by atoms with Crippen molar-refractivity contribution in [2.45, 2.75) is 32.3 Å². The summed E-state index contributed by atoms with van der Waals surface area (Å²) in [4.78, 5) is 0.0306. The maximum Gasteiger partial charge on any atom is 0.291 e. The molecule has 1 atom stereocenters. The van der Waals surface area contributed by atoms with Gasteiger partial charge in [-0.1, -0.05) is 17.7 Å². The second-order valence-corrected chi connectivity index (χ2v) is 5.60. The zero-order valence-electron chi connectivity index (χ0n) is 8.97. The Bertz CT molecular complexity index is 508. The summed E-state index contributed by atoms with van der Waals surface area (Å²) in [6, 6.07) is 0. The molecule has 0 aromatic heterocycles. The third-order valence-electron chi connectivity index (χ3n) is 3.07. The number of aliphatic hydroxyl groups is 1. The lowest BCUT2D eigenvalue weighted by Gasteiger charge is -2.27. The predicted molar refractivity (Wildman–Crippen MR) is 60.3 cm³/mol. The van der Waals surface area contributed by atoms with Gasteiger partial charge in [0, 0.05) is 0 Å². The molecule has 88 valence electrons. The largest absolute Gasteiger partial charge is 0.388 e. The van der Waals surface area contributed by atoms with Gasteiger partial charge in [0.05, 0.1) is 11.0 Å². The fourth-order valence-electron chi connectivity index (χ4n) is 2.30. The minimum atomic E-state index is -4.16. The summed E-state index contributed by atoms with van der Waals surface area (Å²) in [6.07, 6.45) is 4.12. The van der Waals surface area contributed by atoms with Crippen molar-refractivity contribution in [2.24, 2.45) is 0 Å². The van der Waals surface area contributed by atoms with Crippen molar-refractivity contribution in [1.82, 2.24) is 0 Å². The first kappa shape index (κ1) is 11.6. The van der Waals surface area contributed by atoms with Crippen LogP contribution in [0.4, 0.5) is 0 Å². The van der Waals surface area contributed by atoms with Gasteiger partial charge in [0.2, 0.25) is 0 Å². The van der Waals surface area contributed by atoms with E-state index in [0.717, 1.165) is 5.57 Å². The molecule has 2 aliphatic carbocycles. The fourth-order valence-corrected chi connectivity index (χ4v) is 3.11. The molecule has 0 saturated carbocycles. The van der Waals surface area contributed by atoms with Gasteiger partial charge < -0.3 is 5.11 Å². The third-order valence-corrected chi connectivity index (χ3v) is 4.11. The molecule has 0 heterocycles. The molecule has 5 heteroatoms. The van der Waals surface area contributed by atoms with E-state index in [4.69, 9.17) is 4.55 Å². The zero-order chi connectivity index (χ0) is 11.9. The van der Waals surface area contributed by atoms with E-state index in [1.54, 1.807) is 12.2 Å². The monoisotopic (exact) mass is 242 g/mol. The Kier molecular flexibility index (Phi) is 2.77. The Labute approximate surface area is 94.7 Å². The minimum Gasteiger partial charge on any atom is -0.388 e. The SMILES string of the molecule is CC1=C2C(=C(S(=O)(=O)O)CC1)C=CCC2O. The summed E-state index contributed by atoms with van der Waals surface area (Å²) in [5, 5.41) is 9.84. The van der Waals surface area contributed by atoms with Crippen molar-refractivity contribution in [2.75, 3.05) is 0 Å². The maximum absolute atomic E-state index is 11.2. The fraction of sp³-hybridized carbons (Fsp3) is 0.455. The first-order valence-electron chi connectivity index (χ1n) is 5.16. The lowest BCUT2D eigenvalue weighted by atomic mass is 9.83. The number of hydrogen-bond donors (Lipinski definition) is 2. The number of allylic oxidation sites excluding steroid dienone is 3. The highest BCUT2D eigenvalue weighted by atomic mass is 32.2. The van der Waals surface area contributed by atoms with Crippen LogP contribution in [0.5, 0.6) is 0 Å². The Morgan fingerprint density at radius 2 is 2.06 bits per heavy atom. The Hall–Kier alpha value is -0.910. The molecular formula is C11H14O4S. The molecule has 0 aromatic carbocycles. The van der Waals surface area contributed by atoms with E-state index in [2.05, 4.69) is 0 Å². The highest BCUT2D eigenvalue weighted by molar-refractivity contribution is 7.89. The highest BCUT2D eigenvalue weighted by Crippen LogP contribution is 2.38. The second-order valence-electron chi connectivity index (χ2n) is 4.16. The van der Waals surface area contributed by atoms with Crippen LogP contribution >= 0.6 is 0 Å². The van der Waals surface area contributed by atoms with Crippen molar-refractivity contribution in [3.8, 4) is 0 Å². The van der Waals surface area contributed by atoms with Crippen molar-refractivity contribution in [3.05, 3.63) is 33.8 Å². The molecule has 1 unspecified atom stereocenters. The normalized spacial score (nSPS) is 26.1. The van der Waals surface area contributed by atoms with E-state index >= 15 is 0 Å². The van der Waals surface area contributed by atoms with E-state index in [0.29, 0.717) is 30.4 Å². The average Bonchev–Trinajstić information content (AvgIpc) is 2.16. The van der Waals surface area contributed by atoms with Crippen LogP contribution in [-0.4, -0.2) is 24.2 Å². The first-order chi connectivity index (χ1) is 7.41. The summed E-state index contributed by atoms with van der Waals surface area (Å²) >= 11 is 0. The van der Waals surface area contributed by atoms with Crippen LogP contribution in [0.2, 0.25) is 0 Å². The standard InChI is InChI=1S/C11H14O4S/c1-7-5-6-10(16(13,14)15)8-3-2-4-9(12)11(7)8/h2-3,9,12H,4-6H2,1H3,(H,13,14,15). The molecular weight excluding hydrogens is 228 g/mol. The van der Waals surface area contributed by atoms with E-state index < -0.39 is 16.2 Å². The summed E-state index contributed by atoms with van der Waals surface area (Å²) in [5.74, 6) is 0. The second kappa shape index (κ2) is 3.84. The summed E-state index contributed by atoms with van der Waals surface area (Å²) in [5.41, 5.74) is 2.14. The van der Waals surface area contributed by atoms with Crippen molar-refractivity contribution < 1.29 is 18.1 Å². The summed E-state index contributed by atoms with van der Waals surface area (Å²) < 4.78 is 31.6. The molecule has 2 N–H and O–H groups in total. The van der Waals surface area contributed by atoms with Crippen LogP contribution in [0.15, 0.2) is 33.8 Å². The van der Waals surface area contributed by atoms with Gasteiger partial charge in [-0.15, -0.1) is 0 Å². The van der Waals surface area contributed by atoms with Crippen LogP contribution < -0.4 is 0 Å². The number of aliphatic hydroxyl groups excluding tert-OH is 1. The Morgan fingerprint density at radius 1 is 1.38 bits per heavy atom. The van der Waals surface area contributed by atoms with Crippen molar-refractivity contribution >= 4 is 10.1 Å². The number of rotatable bonds is 1. The van der Waals surface area contributed by atoms with E-state index in [1.165, 1.54) is 0 Å². The van der Waals surface area contributed by atoms with Gasteiger partial charge in [-0.05, 0) is 37.3 Å². The average molecular weight is 242 g/mol. The summed E-state index contributed by atoms with van der Waals surface area (Å²) in [6.45, 7) is 1.89. The van der Waals surface area contributed by atoms with Crippen molar-refractivity contribution in [3.63, 3.8) is 0 Å². The highest BCUT2D eigenvalue weighted by Gasteiger charge is 2.30. The van der Waals surface area contributed by atoms with Crippen molar-refractivity contribution in [1.29, 1.82) is 0 Å². The third kappa shape index (κ3) is 1.86. The predicted octanol–water partition coefficient (Wildman–Crippen LogP) is 1.56. The molecule has 0 saturated heterocycles. The van der Waals surface area contributed by atoms with Crippen LogP contribution in [-0.2, 0) is 10.1 Å². The number of hydrogen-bond acceptors (Lipinski definition) is 3. The molecule has 0 radical (unpaired) electrons. The van der Waals surface area contributed by atoms with Gasteiger partial charge in [-0.3, -0.25) is 4.55 Å². The van der Waals surface area contributed by atoms with Crippen LogP contribution in [0, 0.1) is 0 Å². The molecule has 0 spiro atoms. The van der Waals surface area contributed by atoms with Gasteiger partial charge in [0.25, 0.3) is 10.1 Å². The van der Waals surface area contributed by atoms with Gasteiger partial charge in [0.15, 0.2) is 0 Å². The van der Waals surface area contributed by atoms with Crippen LogP contribution in [0.1, 0.15) is 26.2 Å². The summed E-state index contributed by atoms with van der Waals surface area (Å²) in [7, 11) is -4.16.